The van der Waals surface area contributed by atoms with Crippen molar-refractivity contribution in [2.75, 3.05) is 11.9 Å². The lowest BCUT2D eigenvalue weighted by molar-refractivity contribution is -0.139. The number of benzene rings is 3. The largest absolute Gasteiger partial charge is 0.480 e. The summed E-state index contributed by atoms with van der Waals surface area (Å²) in [5.74, 6) is -1.96. The Labute approximate surface area is 227 Å². The maximum atomic E-state index is 13.2. The molecule has 0 radical (unpaired) electrons. The first-order valence-corrected chi connectivity index (χ1v) is 12.4. The van der Waals surface area contributed by atoms with Gasteiger partial charge < -0.3 is 15.7 Å². The first-order chi connectivity index (χ1) is 18.1. The van der Waals surface area contributed by atoms with Crippen LogP contribution >= 0.6 is 23.2 Å². The SMILES string of the molecule is CCNc1ccc2c(=O)n(-c3ccc(CC(NC(=O)c4c(Cl)cccc4Cl)C(=O)O)cc3)c(=O)n(C)c2c1. The van der Waals surface area contributed by atoms with Crippen LogP contribution in [0.25, 0.3) is 16.6 Å². The molecule has 0 spiro atoms. The van der Waals surface area contributed by atoms with Gasteiger partial charge in [0, 0.05) is 25.7 Å². The molecule has 4 aromatic rings. The smallest absolute Gasteiger partial charge is 0.335 e. The molecule has 0 saturated heterocycles. The van der Waals surface area contributed by atoms with Gasteiger partial charge in [-0.15, -0.1) is 0 Å². The monoisotopic (exact) mass is 554 g/mol. The minimum atomic E-state index is -1.28. The lowest BCUT2D eigenvalue weighted by atomic mass is 10.0. The number of nitrogens with one attached hydrogen (secondary N) is 2. The van der Waals surface area contributed by atoms with Gasteiger partial charge in [-0.05, 0) is 55.0 Å². The van der Waals surface area contributed by atoms with Crippen molar-refractivity contribution in [3.63, 3.8) is 0 Å². The highest BCUT2D eigenvalue weighted by Gasteiger charge is 2.24. The zero-order valence-corrected chi connectivity index (χ0v) is 22.0. The summed E-state index contributed by atoms with van der Waals surface area (Å²) >= 11 is 12.1. The molecule has 1 aromatic heterocycles. The van der Waals surface area contributed by atoms with E-state index in [2.05, 4.69) is 10.6 Å². The van der Waals surface area contributed by atoms with Crippen molar-refractivity contribution >= 4 is 51.7 Å². The Bertz CT molecular complexity index is 1640. The van der Waals surface area contributed by atoms with E-state index < -0.39 is 29.2 Å². The third kappa shape index (κ3) is 5.29. The van der Waals surface area contributed by atoms with Gasteiger partial charge in [0.1, 0.15) is 6.04 Å². The molecule has 0 aliphatic heterocycles. The summed E-state index contributed by atoms with van der Waals surface area (Å²) in [6.45, 7) is 2.65. The summed E-state index contributed by atoms with van der Waals surface area (Å²) in [6, 6.07) is 14.8. The number of nitrogens with zero attached hydrogens (tertiary/aromatic N) is 2. The summed E-state index contributed by atoms with van der Waals surface area (Å²) < 4.78 is 2.47. The minimum Gasteiger partial charge on any atom is -0.480 e. The van der Waals surface area contributed by atoms with Gasteiger partial charge in [-0.3, -0.25) is 14.2 Å². The predicted molar refractivity (Wildman–Crippen MR) is 148 cm³/mol. The molecular weight excluding hydrogens is 531 g/mol. The Hall–Kier alpha value is -4.08. The van der Waals surface area contributed by atoms with Crippen molar-refractivity contribution in [2.24, 2.45) is 7.05 Å². The van der Waals surface area contributed by atoms with E-state index in [-0.39, 0.29) is 22.0 Å². The predicted octanol–water partition coefficient (Wildman–Crippen LogP) is 3.85. The molecule has 0 saturated carbocycles. The number of anilines is 1. The van der Waals surface area contributed by atoms with E-state index in [0.29, 0.717) is 28.7 Å². The van der Waals surface area contributed by atoms with Crippen LogP contribution in [0.15, 0.2) is 70.3 Å². The highest BCUT2D eigenvalue weighted by molar-refractivity contribution is 6.39. The maximum absolute atomic E-state index is 13.2. The Balaban J connectivity index is 1.62. The van der Waals surface area contributed by atoms with Gasteiger partial charge in [-0.2, -0.15) is 0 Å². The van der Waals surface area contributed by atoms with E-state index >= 15 is 0 Å². The molecule has 1 heterocycles. The number of aliphatic carboxylic acids is 1. The third-order valence-electron chi connectivity index (χ3n) is 6.08. The molecule has 3 aromatic carbocycles. The van der Waals surface area contributed by atoms with Crippen LogP contribution in [0, 0.1) is 0 Å². The number of halogens is 2. The number of rotatable bonds is 8. The number of carbonyl (C=O) groups excluding carboxylic acids is 1. The highest BCUT2D eigenvalue weighted by atomic mass is 35.5. The molecular formula is C27H24Cl2N4O5. The van der Waals surface area contributed by atoms with Crippen LogP contribution in [0.2, 0.25) is 10.0 Å². The van der Waals surface area contributed by atoms with Crippen molar-refractivity contribution in [3.05, 3.63) is 103 Å². The molecule has 1 atom stereocenters. The van der Waals surface area contributed by atoms with Crippen LogP contribution in [0.3, 0.4) is 0 Å². The van der Waals surface area contributed by atoms with Crippen molar-refractivity contribution in [1.82, 2.24) is 14.5 Å². The number of aryl methyl sites for hydroxylation is 1. The Kier molecular flexibility index (Phi) is 7.89. The average molecular weight is 555 g/mol. The fourth-order valence-electron chi connectivity index (χ4n) is 4.15. The summed E-state index contributed by atoms with van der Waals surface area (Å²) in [4.78, 5) is 50.9. The number of fused-ring (bicyclic) bond motifs is 1. The van der Waals surface area contributed by atoms with Crippen LogP contribution in [-0.2, 0) is 18.3 Å². The highest BCUT2D eigenvalue weighted by Crippen LogP contribution is 2.24. The summed E-state index contributed by atoms with van der Waals surface area (Å²) in [7, 11) is 1.59. The van der Waals surface area contributed by atoms with Crippen LogP contribution < -0.4 is 21.9 Å². The minimum absolute atomic E-state index is 0.0125. The summed E-state index contributed by atoms with van der Waals surface area (Å²) in [5, 5.41) is 15.9. The second kappa shape index (κ2) is 11.1. The van der Waals surface area contributed by atoms with E-state index in [1.807, 2.05) is 6.92 Å². The molecule has 0 fully saturated rings. The fraction of sp³-hybridized carbons (Fsp3) is 0.185. The number of carbonyl (C=O) groups is 2. The zero-order chi connectivity index (χ0) is 27.6. The average Bonchev–Trinajstić information content (AvgIpc) is 2.88. The molecule has 1 unspecified atom stereocenters. The Morgan fingerprint density at radius 3 is 2.26 bits per heavy atom. The molecule has 11 heteroatoms. The number of hydrogen-bond acceptors (Lipinski definition) is 5. The number of aromatic nitrogens is 2. The lowest BCUT2D eigenvalue weighted by Gasteiger charge is -2.16. The number of hydrogen-bond donors (Lipinski definition) is 3. The fourth-order valence-corrected chi connectivity index (χ4v) is 4.72. The number of amides is 1. The molecule has 0 bridgehead atoms. The molecule has 196 valence electrons. The Morgan fingerprint density at radius 2 is 1.66 bits per heavy atom. The van der Waals surface area contributed by atoms with E-state index in [1.165, 1.54) is 16.7 Å². The van der Waals surface area contributed by atoms with Crippen LogP contribution in [0.5, 0.6) is 0 Å². The summed E-state index contributed by atoms with van der Waals surface area (Å²) in [5.41, 5.74) is 1.20. The molecule has 38 heavy (non-hydrogen) atoms. The number of carboxylic acids is 1. The van der Waals surface area contributed by atoms with Crippen molar-refractivity contribution < 1.29 is 14.7 Å². The van der Waals surface area contributed by atoms with Gasteiger partial charge >= 0.3 is 11.7 Å². The second-order valence-corrected chi connectivity index (χ2v) is 9.39. The van der Waals surface area contributed by atoms with Crippen molar-refractivity contribution in [3.8, 4) is 5.69 Å². The second-order valence-electron chi connectivity index (χ2n) is 8.58. The molecule has 9 nitrogen and oxygen atoms in total. The van der Waals surface area contributed by atoms with Gasteiger partial charge in [0.05, 0.1) is 32.2 Å². The Morgan fingerprint density at radius 1 is 1.00 bits per heavy atom. The first kappa shape index (κ1) is 27.0. The summed E-state index contributed by atoms with van der Waals surface area (Å²) in [6.07, 6.45) is -0.0543. The standard InChI is InChI=1S/C27H24Cl2N4O5/c1-3-30-16-9-12-18-22(14-16)32(2)27(38)33(25(18)35)17-10-7-15(8-11-17)13-21(26(36)37)31-24(34)23-19(28)5-4-6-20(23)29/h4-12,14,21,30H,3,13H2,1-2H3,(H,31,34)(H,36,37). The maximum Gasteiger partial charge on any atom is 0.335 e. The molecule has 0 aliphatic carbocycles. The van der Waals surface area contributed by atoms with E-state index in [1.54, 1.807) is 55.6 Å². The van der Waals surface area contributed by atoms with E-state index in [0.717, 1.165) is 10.3 Å². The van der Waals surface area contributed by atoms with E-state index in [4.69, 9.17) is 23.2 Å². The van der Waals surface area contributed by atoms with Crippen molar-refractivity contribution in [2.45, 2.75) is 19.4 Å². The number of carboxylic acid groups (broad SMARTS) is 1. The van der Waals surface area contributed by atoms with Crippen LogP contribution in [-0.4, -0.2) is 38.7 Å². The topological polar surface area (TPSA) is 122 Å². The first-order valence-electron chi connectivity index (χ1n) is 11.7. The lowest BCUT2D eigenvalue weighted by Crippen LogP contribution is -2.42. The quantitative estimate of drug-likeness (QED) is 0.304. The van der Waals surface area contributed by atoms with Gasteiger partial charge in [0.2, 0.25) is 0 Å². The van der Waals surface area contributed by atoms with Gasteiger partial charge in [0.25, 0.3) is 11.5 Å². The van der Waals surface area contributed by atoms with Gasteiger partial charge in [0.15, 0.2) is 0 Å². The van der Waals surface area contributed by atoms with Gasteiger partial charge in [-0.1, -0.05) is 41.4 Å². The zero-order valence-electron chi connectivity index (χ0n) is 20.5. The molecule has 0 aliphatic rings. The third-order valence-corrected chi connectivity index (χ3v) is 6.71. The molecule has 3 N–H and O–H groups in total. The van der Waals surface area contributed by atoms with Crippen LogP contribution in [0.4, 0.5) is 5.69 Å². The van der Waals surface area contributed by atoms with Crippen molar-refractivity contribution in [1.29, 1.82) is 0 Å². The van der Waals surface area contributed by atoms with Gasteiger partial charge in [-0.25, -0.2) is 14.2 Å². The molecule has 4 rings (SSSR count). The normalized spacial score (nSPS) is 11.8. The van der Waals surface area contributed by atoms with E-state index in [9.17, 15) is 24.3 Å². The molecule has 1 amide bonds. The van der Waals surface area contributed by atoms with Crippen LogP contribution in [0.1, 0.15) is 22.8 Å².